The Hall–Kier alpha value is -1.74. The lowest BCUT2D eigenvalue weighted by Crippen LogP contribution is -1.96. The number of carbonyl (C=O) groups excluding carboxylic acids is 2. The second-order valence-electron chi connectivity index (χ2n) is 3.25. The fourth-order valence-corrected chi connectivity index (χ4v) is 1.83. The third kappa shape index (κ3) is 4.33. The van der Waals surface area contributed by atoms with Gasteiger partial charge in [-0.1, -0.05) is 43.3 Å². The molecule has 1 aromatic heterocycles. The first-order valence-electron chi connectivity index (χ1n) is 5.36. The molecule has 2 aromatic rings. The Morgan fingerprint density at radius 1 is 1.18 bits per heavy atom. The van der Waals surface area contributed by atoms with Crippen LogP contribution in [-0.2, 0) is 4.79 Å². The lowest BCUT2D eigenvalue weighted by atomic mass is 10.1. The molecule has 0 aliphatic carbocycles. The van der Waals surface area contributed by atoms with Crippen LogP contribution in [0.1, 0.15) is 28.6 Å². The molecule has 3 heteroatoms. The maximum atomic E-state index is 11.7. The molecule has 0 unspecified atom stereocenters. The molecule has 0 saturated carbocycles. The summed E-state index contributed by atoms with van der Waals surface area (Å²) < 4.78 is 0. The first-order valence-corrected chi connectivity index (χ1v) is 6.24. The first kappa shape index (κ1) is 13.3. The van der Waals surface area contributed by atoms with Gasteiger partial charge >= 0.3 is 0 Å². The van der Waals surface area contributed by atoms with Gasteiger partial charge in [0.25, 0.3) is 0 Å². The second-order valence-corrected chi connectivity index (χ2v) is 4.20. The SMILES string of the molecule is CCC=O.O=C(c1ccccc1)c1cccs1. The summed E-state index contributed by atoms with van der Waals surface area (Å²) in [5, 5.41) is 1.91. The normalized spacial score (nSPS) is 9.00. The van der Waals surface area contributed by atoms with E-state index in [4.69, 9.17) is 0 Å². The maximum Gasteiger partial charge on any atom is 0.202 e. The minimum absolute atomic E-state index is 0.107. The van der Waals surface area contributed by atoms with Gasteiger partial charge in [0.1, 0.15) is 6.29 Å². The van der Waals surface area contributed by atoms with Crippen molar-refractivity contribution in [3.05, 3.63) is 58.3 Å². The molecule has 0 spiro atoms. The standard InChI is InChI=1S/C11H8OS.C3H6O/c12-11(10-7-4-8-13-10)9-5-2-1-3-6-9;1-2-3-4/h1-8H;3H,2H2,1H3. The highest BCUT2D eigenvalue weighted by Crippen LogP contribution is 2.14. The average molecular weight is 246 g/mol. The van der Waals surface area contributed by atoms with Gasteiger partial charge in [-0.2, -0.15) is 0 Å². The Kier molecular flexibility index (Phi) is 5.89. The van der Waals surface area contributed by atoms with E-state index in [1.54, 1.807) is 0 Å². The molecule has 2 nitrogen and oxygen atoms in total. The van der Waals surface area contributed by atoms with Gasteiger partial charge in [0, 0.05) is 12.0 Å². The van der Waals surface area contributed by atoms with Crippen LogP contribution in [0.5, 0.6) is 0 Å². The quantitative estimate of drug-likeness (QED) is 0.613. The lowest BCUT2D eigenvalue weighted by molar-refractivity contribution is -0.107. The third-order valence-electron chi connectivity index (χ3n) is 1.95. The summed E-state index contributed by atoms with van der Waals surface area (Å²) in [6.45, 7) is 1.81. The third-order valence-corrected chi connectivity index (χ3v) is 2.82. The number of hydrogen-bond acceptors (Lipinski definition) is 3. The topological polar surface area (TPSA) is 34.1 Å². The molecule has 1 aromatic carbocycles. The largest absolute Gasteiger partial charge is 0.303 e. The Morgan fingerprint density at radius 3 is 2.29 bits per heavy atom. The summed E-state index contributed by atoms with van der Waals surface area (Å²) in [4.78, 5) is 21.7. The molecule has 1 heterocycles. The Morgan fingerprint density at radius 2 is 1.82 bits per heavy atom. The molecule has 0 N–H and O–H groups in total. The van der Waals surface area contributed by atoms with Crippen molar-refractivity contribution in [3.63, 3.8) is 0 Å². The summed E-state index contributed by atoms with van der Waals surface area (Å²) in [5.74, 6) is 0.107. The van der Waals surface area contributed by atoms with E-state index in [0.717, 1.165) is 16.7 Å². The van der Waals surface area contributed by atoms with Crippen LogP contribution >= 0.6 is 11.3 Å². The van der Waals surface area contributed by atoms with E-state index in [1.165, 1.54) is 11.3 Å². The van der Waals surface area contributed by atoms with Crippen molar-refractivity contribution in [1.29, 1.82) is 0 Å². The number of rotatable bonds is 3. The minimum Gasteiger partial charge on any atom is -0.303 e. The van der Waals surface area contributed by atoms with Crippen LogP contribution in [0.25, 0.3) is 0 Å². The summed E-state index contributed by atoms with van der Waals surface area (Å²) in [7, 11) is 0. The molecule has 0 fully saturated rings. The predicted molar refractivity (Wildman–Crippen MR) is 70.5 cm³/mol. The van der Waals surface area contributed by atoms with E-state index in [9.17, 15) is 9.59 Å². The predicted octanol–water partition coefficient (Wildman–Crippen LogP) is 3.57. The van der Waals surface area contributed by atoms with Gasteiger partial charge < -0.3 is 4.79 Å². The fourth-order valence-electron chi connectivity index (χ4n) is 1.14. The Labute approximate surface area is 105 Å². The smallest absolute Gasteiger partial charge is 0.202 e. The van der Waals surface area contributed by atoms with Crippen molar-refractivity contribution in [2.75, 3.05) is 0 Å². The van der Waals surface area contributed by atoms with Crippen molar-refractivity contribution in [2.45, 2.75) is 13.3 Å². The molecule has 0 aliphatic heterocycles. The van der Waals surface area contributed by atoms with E-state index < -0.39 is 0 Å². The molecule has 88 valence electrons. The second kappa shape index (κ2) is 7.52. The number of carbonyl (C=O) groups is 2. The van der Waals surface area contributed by atoms with E-state index in [1.807, 2.05) is 54.8 Å². The van der Waals surface area contributed by atoms with Gasteiger partial charge in [-0.25, -0.2) is 0 Å². The fraction of sp³-hybridized carbons (Fsp3) is 0.143. The Bertz CT molecular complexity index is 446. The van der Waals surface area contributed by atoms with Gasteiger partial charge in [-0.05, 0) is 11.4 Å². The zero-order valence-corrected chi connectivity index (χ0v) is 10.4. The molecule has 2 rings (SSSR count). The van der Waals surface area contributed by atoms with Crippen LogP contribution in [0, 0.1) is 0 Å². The molecule has 0 amide bonds. The highest BCUT2D eigenvalue weighted by molar-refractivity contribution is 7.12. The van der Waals surface area contributed by atoms with Crippen molar-refractivity contribution in [1.82, 2.24) is 0 Å². The van der Waals surface area contributed by atoms with Gasteiger partial charge in [-0.15, -0.1) is 11.3 Å². The van der Waals surface area contributed by atoms with Crippen molar-refractivity contribution in [2.24, 2.45) is 0 Å². The van der Waals surface area contributed by atoms with Crippen LogP contribution in [0.2, 0.25) is 0 Å². The highest BCUT2D eigenvalue weighted by Gasteiger charge is 2.07. The van der Waals surface area contributed by atoms with E-state index in [0.29, 0.717) is 6.42 Å². The van der Waals surface area contributed by atoms with E-state index >= 15 is 0 Å². The molecule has 0 radical (unpaired) electrons. The van der Waals surface area contributed by atoms with Crippen LogP contribution in [0.15, 0.2) is 47.8 Å². The summed E-state index contributed by atoms with van der Waals surface area (Å²) in [6, 6.07) is 13.1. The van der Waals surface area contributed by atoms with Crippen LogP contribution in [0.3, 0.4) is 0 Å². The number of thiophene rings is 1. The summed E-state index contributed by atoms with van der Waals surface area (Å²) in [5.41, 5.74) is 0.755. The average Bonchev–Trinajstić information content (AvgIpc) is 2.93. The number of benzene rings is 1. The number of aldehydes is 1. The first-order chi connectivity index (χ1) is 8.29. The molecule has 0 atom stereocenters. The number of hydrogen-bond donors (Lipinski definition) is 0. The monoisotopic (exact) mass is 246 g/mol. The molecule has 0 saturated heterocycles. The lowest BCUT2D eigenvalue weighted by Gasteiger charge is -1.95. The zero-order valence-electron chi connectivity index (χ0n) is 9.63. The van der Waals surface area contributed by atoms with E-state index in [2.05, 4.69) is 0 Å². The number of ketones is 1. The molecular weight excluding hydrogens is 232 g/mol. The van der Waals surface area contributed by atoms with E-state index in [-0.39, 0.29) is 5.78 Å². The summed E-state index contributed by atoms with van der Waals surface area (Å²) in [6.07, 6.45) is 1.51. The van der Waals surface area contributed by atoms with Gasteiger partial charge in [-0.3, -0.25) is 4.79 Å². The molecule has 0 aliphatic rings. The molecule has 0 bridgehead atoms. The minimum atomic E-state index is 0.107. The van der Waals surface area contributed by atoms with Crippen molar-refractivity contribution in [3.8, 4) is 0 Å². The molecule has 17 heavy (non-hydrogen) atoms. The van der Waals surface area contributed by atoms with Crippen LogP contribution < -0.4 is 0 Å². The van der Waals surface area contributed by atoms with Crippen molar-refractivity contribution < 1.29 is 9.59 Å². The molecular formula is C14H14O2S. The Balaban J connectivity index is 0.000000317. The van der Waals surface area contributed by atoms with Gasteiger partial charge in [0.15, 0.2) is 0 Å². The highest BCUT2D eigenvalue weighted by atomic mass is 32.1. The van der Waals surface area contributed by atoms with Crippen LogP contribution in [0.4, 0.5) is 0 Å². The maximum absolute atomic E-state index is 11.7. The van der Waals surface area contributed by atoms with Gasteiger partial charge in [0.05, 0.1) is 4.88 Å². The zero-order chi connectivity index (χ0) is 12.5. The van der Waals surface area contributed by atoms with Gasteiger partial charge in [0.2, 0.25) is 5.78 Å². The summed E-state index contributed by atoms with van der Waals surface area (Å²) >= 11 is 1.48. The van der Waals surface area contributed by atoms with Crippen molar-refractivity contribution >= 4 is 23.4 Å². The van der Waals surface area contributed by atoms with Crippen LogP contribution in [-0.4, -0.2) is 12.1 Å².